The van der Waals surface area contributed by atoms with Crippen molar-refractivity contribution in [2.45, 2.75) is 45.2 Å². The summed E-state index contributed by atoms with van der Waals surface area (Å²) in [6, 6.07) is -1.30. The van der Waals surface area contributed by atoms with Crippen molar-refractivity contribution < 1.29 is 24.2 Å². The van der Waals surface area contributed by atoms with Crippen molar-refractivity contribution in [3.63, 3.8) is 0 Å². The topological polar surface area (TPSA) is 105 Å². The maximum atomic E-state index is 11.6. The molecule has 1 unspecified atom stereocenters. The molecule has 7 heteroatoms. The first kappa shape index (κ1) is 16.2. The van der Waals surface area contributed by atoms with Crippen molar-refractivity contribution in [2.24, 2.45) is 0 Å². The third kappa shape index (κ3) is 6.72. The van der Waals surface area contributed by atoms with Crippen molar-refractivity contribution in [3.05, 3.63) is 0 Å². The molecule has 104 valence electrons. The Morgan fingerprint density at radius 2 is 1.89 bits per heavy atom. The number of ether oxygens (including phenoxy) is 1. The maximum Gasteiger partial charge on any atom is 0.328 e. The zero-order valence-corrected chi connectivity index (χ0v) is 11.1. The molecule has 0 radical (unpaired) electrons. The molecule has 0 aromatic rings. The summed E-state index contributed by atoms with van der Waals surface area (Å²) in [4.78, 5) is 33.1. The lowest BCUT2D eigenvalue weighted by Crippen LogP contribution is -2.52. The molecule has 7 nitrogen and oxygen atoms in total. The van der Waals surface area contributed by atoms with Crippen molar-refractivity contribution in [1.82, 2.24) is 10.6 Å². The van der Waals surface area contributed by atoms with Gasteiger partial charge in [-0.05, 0) is 27.2 Å². The van der Waals surface area contributed by atoms with E-state index in [1.54, 1.807) is 13.8 Å². The standard InChI is InChI=1S/C11H20N2O5/c1-7(9(16)18-4)12-10(17)13-11(2,3)6-5-8(14)15/h7H,5-6H2,1-4H3,(H,14,15)(H2,12,13,17). The van der Waals surface area contributed by atoms with Gasteiger partial charge in [-0.15, -0.1) is 0 Å². The molecule has 0 aliphatic rings. The lowest BCUT2D eigenvalue weighted by molar-refractivity contribution is -0.142. The van der Waals surface area contributed by atoms with Crippen LogP contribution in [0.25, 0.3) is 0 Å². The summed E-state index contributed by atoms with van der Waals surface area (Å²) in [5, 5.41) is 13.6. The van der Waals surface area contributed by atoms with Crippen LogP contribution in [0.3, 0.4) is 0 Å². The Morgan fingerprint density at radius 1 is 1.33 bits per heavy atom. The van der Waals surface area contributed by atoms with Crippen LogP contribution in [0.4, 0.5) is 4.79 Å². The van der Waals surface area contributed by atoms with Gasteiger partial charge in [0, 0.05) is 12.0 Å². The first-order valence-electron chi connectivity index (χ1n) is 5.56. The van der Waals surface area contributed by atoms with Crippen molar-refractivity contribution >= 4 is 18.0 Å². The number of carboxylic acids is 1. The van der Waals surface area contributed by atoms with Crippen molar-refractivity contribution in [3.8, 4) is 0 Å². The Kier molecular flexibility index (Phi) is 6.15. The highest BCUT2D eigenvalue weighted by molar-refractivity contribution is 5.83. The van der Waals surface area contributed by atoms with E-state index in [9.17, 15) is 14.4 Å². The maximum absolute atomic E-state index is 11.6. The number of urea groups is 1. The summed E-state index contributed by atoms with van der Waals surface area (Å²) in [6.07, 6.45) is 0.252. The highest BCUT2D eigenvalue weighted by atomic mass is 16.5. The molecular weight excluding hydrogens is 240 g/mol. The number of hydrogen-bond acceptors (Lipinski definition) is 4. The SMILES string of the molecule is COC(=O)C(C)NC(=O)NC(C)(C)CCC(=O)O. The van der Waals surface area contributed by atoms with E-state index in [0.29, 0.717) is 6.42 Å². The average molecular weight is 260 g/mol. The quantitative estimate of drug-likeness (QED) is 0.603. The second-order valence-corrected chi connectivity index (χ2v) is 4.62. The number of aliphatic carboxylic acids is 1. The van der Waals surface area contributed by atoms with Gasteiger partial charge in [-0.1, -0.05) is 0 Å². The van der Waals surface area contributed by atoms with Gasteiger partial charge in [0.2, 0.25) is 0 Å². The van der Waals surface area contributed by atoms with E-state index in [2.05, 4.69) is 15.4 Å². The van der Waals surface area contributed by atoms with E-state index in [-0.39, 0.29) is 6.42 Å². The van der Waals surface area contributed by atoms with Crippen LogP contribution in [0.15, 0.2) is 0 Å². The monoisotopic (exact) mass is 260 g/mol. The number of carboxylic acid groups (broad SMARTS) is 1. The normalized spacial score (nSPS) is 12.4. The summed E-state index contributed by atoms with van der Waals surface area (Å²) in [6.45, 7) is 4.91. The fourth-order valence-corrected chi connectivity index (χ4v) is 1.26. The molecule has 0 saturated carbocycles. The summed E-state index contributed by atoms with van der Waals surface area (Å²) in [5.41, 5.74) is -0.668. The lowest BCUT2D eigenvalue weighted by Gasteiger charge is -2.26. The van der Waals surface area contributed by atoms with Gasteiger partial charge >= 0.3 is 18.0 Å². The van der Waals surface area contributed by atoms with E-state index in [4.69, 9.17) is 5.11 Å². The Balaban J connectivity index is 4.21. The van der Waals surface area contributed by atoms with Gasteiger partial charge in [0.25, 0.3) is 0 Å². The zero-order chi connectivity index (χ0) is 14.3. The molecule has 0 aliphatic heterocycles. The molecule has 2 amide bonds. The van der Waals surface area contributed by atoms with Crippen LogP contribution in [0.2, 0.25) is 0 Å². The van der Waals surface area contributed by atoms with E-state index >= 15 is 0 Å². The van der Waals surface area contributed by atoms with Crippen LogP contribution >= 0.6 is 0 Å². The van der Waals surface area contributed by atoms with Gasteiger partial charge < -0.3 is 20.5 Å². The van der Waals surface area contributed by atoms with Gasteiger partial charge in [0.05, 0.1) is 7.11 Å². The average Bonchev–Trinajstić information content (AvgIpc) is 2.24. The van der Waals surface area contributed by atoms with Crippen LogP contribution in [0.5, 0.6) is 0 Å². The summed E-state index contributed by atoms with van der Waals surface area (Å²) in [5.74, 6) is -1.47. The third-order valence-corrected chi connectivity index (χ3v) is 2.32. The predicted octanol–water partition coefficient (Wildman–Crippen LogP) is 0.491. The smallest absolute Gasteiger partial charge is 0.328 e. The minimum Gasteiger partial charge on any atom is -0.481 e. The van der Waals surface area contributed by atoms with E-state index in [1.807, 2.05) is 0 Å². The zero-order valence-electron chi connectivity index (χ0n) is 11.1. The molecule has 0 fully saturated rings. The van der Waals surface area contributed by atoms with Crippen LogP contribution in [0.1, 0.15) is 33.6 Å². The summed E-state index contributed by atoms with van der Waals surface area (Å²) >= 11 is 0. The molecule has 18 heavy (non-hydrogen) atoms. The van der Waals surface area contributed by atoms with E-state index in [0.717, 1.165) is 0 Å². The minimum atomic E-state index is -0.923. The number of esters is 1. The van der Waals surface area contributed by atoms with Gasteiger partial charge in [-0.25, -0.2) is 9.59 Å². The van der Waals surface area contributed by atoms with Crippen LogP contribution in [0, 0.1) is 0 Å². The van der Waals surface area contributed by atoms with E-state index in [1.165, 1.54) is 14.0 Å². The number of rotatable bonds is 6. The number of methoxy groups -OCH3 is 1. The number of carbonyl (C=O) groups excluding carboxylic acids is 2. The molecule has 0 bridgehead atoms. The van der Waals surface area contributed by atoms with E-state index < -0.39 is 29.6 Å². The molecule has 0 rings (SSSR count). The Morgan fingerprint density at radius 3 is 2.33 bits per heavy atom. The number of carbonyl (C=O) groups is 3. The highest BCUT2D eigenvalue weighted by Gasteiger charge is 2.23. The second kappa shape index (κ2) is 6.83. The number of hydrogen-bond donors (Lipinski definition) is 3. The molecule has 1 atom stereocenters. The Hall–Kier alpha value is -1.79. The fourth-order valence-electron chi connectivity index (χ4n) is 1.26. The lowest BCUT2D eigenvalue weighted by atomic mass is 9.99. The molecule has 0 aliphatic carbocycles. The van der Waals surface area contributed by atoms with Crippen LogP contribution in [-0.4, -0.2) is 41.8 Å². The Labute approximate surface area is 106 Å². The molecule has 0 saturated heterocycles. The van der Waals surface area contributed by atoms with Crippen LogP contribution in [-0.2, 0) is 14.3 Å². The van der Waals surface area contributed by atoms with Gasteiger partial charge in [-0.2, -0.15) is 0 Å². The largest absolute Gasteiger partial charge is 0.481 e. The number of amides is 2. The molecule has 3 N–H and O–H groups in total. The molecule has 0 aromatic carbocycles. The van der Waals surface area contributed by atoms with Gasteiger partial charge in [0.15, 0.2) is 0 Å². The Bertz CT molecular complexity index is 327. The predicted molar refractivity (Wildman–Crippen MR) is 64.1 cm³/mol. The molecule has 0 heterocycles. The molecule has 0 aromatic heterocycles. The first-order chi connectivity index (χ1) is 8.18. The van der Waals surface area contributed by atoms with Crippen molar-refractivity contribution in [2.75, 3.05) is 7.11 Å². The minimum absolute atomic E-state index is 0.0418. The fraction of sp³-hybridized carbons (Fsp3) is 0.727. The van der Waals surface area contributed by atoms with Crippen molar-refractivity contribution in [1.29, 1.82) is 0 Å². The molecule has 0 spiro atoms. The third-order valence-electron chi connectivity index (χ3n) is 2.32. The number of nitrogens with one attached hydrogen (secondary N) is 2. The van der Waals surface area contributed by atoms with Crippen LogP contribution < -0.4 is 10.6 Å². The summed E-state index contributed by atoms with van der Waals surface area (Å²) in [7, 11) is 1.23. The second-order valence-electron chi connectivity index (χ2n) is 4.62. The highest BCUT2D eigenvalue weighted by Crippen LogP contribution is 2.10. The summed E-state index contributed by atoms with van der Waals surface area (Å²) < 4.78 is 4.46. The molecular formula is C11H20N2O5. The first-order valence-corrected chi connectivity index (χ1v) is 5.56. The van der Waals surface area contributed by atoms with Gasteiger partial charge in [0.1, 0.15) is 6.04 Å². The van der Waals surface area contributed by atoms with Gasteiger partial charge in [-0.3, -0.25) is 4.79 Å².